The molecule has 0 saturated heterocycles. The summed E-state index contributed by atoms with van der Waals surface area (Å²) in [4.78, 5) is 26.7. The van der Waals surface area contributed by atoms with Gasteiger partial charge in [0.05, 0.1) is 12.7 Å². The first-order valence-electron chi connectivity index (χ1n) is 4.78. The van der Waals surface area contributed by atoms with Gasteiger partial charge in [0.1, 0.15) is 0 Å². The Kier molecular flexibility index (Phi) is 2.78. The van der Waals surface area contributed by atoms with Gasteiger partial charge in [-0.25, -0.2) is 9.18 Å². The predicted octanol–water partition coefficient (Wildman–Crippen LogP) is 0.878. The lowest BCUT2D eigenvalue weighted by Crippen LogP contribution is -2.22. The minimum absolute atomic E-state index is 0.0353. The van der Waals surface area contributed by atoms with Crippen molar-refractivity contribution in [2.75, 3.05) is 7.11 Å². The van der Waals surface area contributed by atoms with Crippen LogP contribution in [0.25, 0.3) is 11.1 Å². The van der Waals surface area contributed by atoms with E-state index in [0.717, 1.165) is 0 Å². The van der Waals surface area contributed by atoms with Crippen LogP contribution >= 0.6 is 0 Å². The normalized spacial score (nSPS) is 10.2. The van der Waals surface area contributed by atoms with E-state index < -0.39 is 17.1 Å². The zero-order valence-electron chi connectivity index (χ0n) is 8.91. The largest absolute Gasteiger partial charge is 0.494 e. The number of H-pyrrole nitrogens is 2. The number of hydrogen-bond acceptors (Lipinski definition) is 3. The van der Waals surface area contributed by atoms with Crippen molar-refractivity contribution in [2.45, 2.75) is 0 Å². The van der Waals surface area contributed by atoms with Gasteiger partial charge in [0.15, 0.2) is 11.6 Å². The second kappa shape index (κ2) is 4.25. The molecule has 6 heteroatoms. The van der Waals surface area contributed by atoms with Gasteiger partial charge < -0.3 is 9.72 Å². The molecule has 1 aromatic heterocycles. The molecule has 0 fully saturated rings. The Morgan fingerprint density at radius 2 is 2.00 bits per heavy atom. The molecule has 1 aromatic carbocycles. The highest BCUT2D eigenvalue weighted by Gasteiger charge is 2.13. The predicted molar refractivity (Wildman–Crippen MR) is 59.6 cm³/mol. The second-order valence-corrected chi connectivity index (χ2v) is 3.31. The van der Waals surface area contributed by atoms with Crippen LogP contribution in [-0.4, -0.2) is 17.1 Å². The fourth-order valence-corrected chi connectivity index (χ4v) is 1.49. The van der Waals surface area contributed by atoms with Crippen molar-refractivity contribution < 1.29 is 9.13 Å². The fourth-order valence-electron chi connectivity index (χ4n) is 1.49. The van der Waals surface area contributed by atoms with Gasteiger partial charge in [-0.05, 0) is 6.07 Å². The van der Waals surface area contributed by atoms with Crippen LogP contribution in [0.3, 0.4) is 0 Å². The summed E-state index contributed by atoms with van der Waals surface area (Å²) in [6.45, 7) is 0. The Bertz CT molecular complexity index is 660. The van der Waals surface area contributed by atoms with Crippen LogP contribution in [0.15, 0.2) is 34.0 Å². The molecule has 0 amide bonds. The third-order valence-corrected chi connectivity index (χ3v) is 2.29. The average molecular weight is 236 g/mol. The highest BCUT2D eigenvalue weighted by Crippen LogP contribution is 2.26. The number of methoxy groups -OCH3 is 1. The molecule has 17 heavy (non-hydrogen) atoms. The van der Waals surface area contributed by atoms with Crippen LogP contribution in [0.5, 0.6) is 5.75 Å². The SMILES string of the molecule is COc1cccc(-c2c[nH]c(=O)[nH]c2=O)c1F. The minimum atomic E-state index is -0.652. The number of hydrogen-bond donors (Lipinski definition) is 2. The third-order valence-electron chi connectivity index (χ3n) is 2.29. The van der Waals surface area contributed by atoms with E-state index in [4.69, 9.17) is 4.74 Å². The highest BCUT2D eigenvalue weighted by atomic mass is 19.1. The number of halogens is 1. The number of aromatic nitrogens is 2. The Morgan fingerprint density at radius 3 is 2.65 bits per heavy atom. The fraction of sp³-hybridized carbons (Fsp3) is 0.0909. The molecule has 0 atom stereocenters. The second-order valence-electron chi connectivity index (χ2n) is 3.31. The van der Waals surface area contributed by atoms with Crippen molar-refractivity contribution in [3.63, 3.8) is 0 Å². The van der Waals surface area contributed by atoms with Gasteiger partial charge in [0, 0.05) is 11.8 Å². The van der Waals surface area contributed by atoms with E-state index in [-0.39, 0.29) is 16.9 Å². The number of benzene rings is 1. The number of nitrogens with one attached hydrogen (secondary N) is 2. The van der Waals surface area contributed by atoms with Crippen molar-refractivity contribution in [1.82, 2.24) is 9.97 Å². The summed E-state index contributed by atoms with van der Waals surface area (Å²) in [6, 6.07) is 4.43. The maximum absolute atomic E-state index is 13.9. The van der Waals surface area contributed by atoms with Crippen LogP contribution in [0.1, 0.15) is 0 Å². The van der Waals surface area contributed by atoms with Crippen molar-refractivity contribution in [3.8, 4) is 16.9 Å². The standard InChI is InChI=1S/C11H9FN2O3/c1-17-8-4-2-3-6(9(8)12)7-5-13-11(16)14-10(7)15/h2-5H,1H3,(H2,13,14,15,16). The van der Waals surface area contributed by atoms with Crippen molar-refractivity contribution in [2.24, 2.45) is 0 Å². The van der Waals surface area contributed by atoms with Gasteiger partial charge >= 0.3 is 5.69 Å². The van der Waals surface area contributed by atoms with Crippen LogP contribution < -0.4 is 16.0 Å². The number of ether oxygens (including phenoxy) is 1. The van der Waals surface area contributed by atoms with Gasteiger partial charge in [0.25, 0.3) is 5.56 Å². The molecule has 0 radical (unpaired) electrons. The maximum atomic E-state index is 13.9. The Labute approximate surface area is 94.9 Å². The molecule has 2 N–H and O–H groups in total. The summed E-state index contributed by atoms with van der Waals surface area (Å²) < 4.78 is 18.7. The summed E-state index contributed by atoms with van der Waals surface area (Å²) in [7, 11) is 1.33. The highest BCUT2D eigenvalue weighted by molar-refractivity contribution is 5.64. The van der Waals surface area contributed by atoms with Crippen molar-refractivity contribution in [1.29, 1.82) is 0 Å². The smallest absolute Gasteiger partial charge is 0.325 e. The third kappa shape index (κ3) is 1.96. The molecule has 0 spiro atoms. The van der Waals surface area contributed by atoms with Crippen LogP contribution in [0.2, 0.25) is 0 Å². The average Bonchev–Trinajstić information content (AvgIpc) is 2.30. The van der Waals surface area contributed by atoms with Crippen LogP contribution in [0, 0.1) is 5.82 Å². The lowest BCUT2D eigenvalue weighted by Gasteiger charge is -2.06. The molecule has 0 bridgehead atoms. The van der Waals surface area contributed by atoms with Gasteiger partial charge in [-0.3, -0.25) is 9.78 Å². The molecule has 0 aliphatic carbocycles. The summed E-state index contributed by atoms with van der Waals surface area (Å²) >= 11 is 0. The molecule has 2 rings (SSSR count). The van der Waals surface area contributed by atoms with Gasteiger partial charge in [-0.1, -0.05) is 12.1 Å². The van der Waals surface area contributed by atoms with Gasteiger partial charge in [-0.15, -0.1) is 0 Å². The zero-order valence-corrected chi connectivity index (χ0v) is 8.91. The van der Waals surface area contributed by atoms with E-state index in [1.165, 1.54) is 25.4 Å². The molecular weight excluding hydrogens is 227 g/mol. The summed E-state index contributed by atoms with van der Waals surface area (Å²) in [5.74, 6) is -0.611. The van der Waals surface area contributed by atoms with E-state index in [1.54, 1.807) is 6.07 Å². The van der Waals surface area contributed by atoms with Crippen LogP contribution in [-0.2, 0) is 0 Å². The molecular formula is C11H9FN2O3. The van der Waals surface area contributed by atoms with Crippen molar-refractivity contribution >= 4 is 0 Å². The monoisotopic (exact) mass is 236 g/mol. The quantitative estimate of drug-likeness (QED) is 0.812. The Hall–Kier alpha value is -2.37. The zero-order chi connectivity index (χ0) is 12.4. The molecule has 0 unspecified atom stereocenters. The molecule has 0 aliphatic heterocycles. The Morgan fingerprint density at radius 1 is 1.24 bits per heavy atom. The van der Waals surface area contributed by atoms with Crippen molar-refractivity contribution in [3.05, 3.63) is 51.1 Å². The first-order valence-corrected chi connectivity index (χ1v) is 4.78. The molecule has 88 valence electrons. The summed E-state index contributed by atoms with van der Waals surface area (Å²) in [5.41, 5.74) is -1.18. The van der Waals surface area contributed by atoms with E-state index >= 15 is 0 Å². The first kappa shape index (κ1) is 11.1. The van der Waals surface area contributed by atoms with E-state index in [1.807, 2.05) is 4.98 Å². The Balaban J connectivity index is 2.69. The molecule has 1 heterocycles. The summed E-state index contributed by atoms with van der Waals surface area (Å²) in [5, 5.41) is 0. The van der Waals surface area contributed by atoms with E-state index in [0.29, 0.717) is 0 Å². The van der Waals surface area contributed by atoms with Crippen LogP contribution in [0.4, 0.5) is 4.39 Å². The lowest BCUT2D eigenvalue weighted by molar-refractivity contribution is 0.387. The van der Waals surface area contributed by atoms with E-state index in [2.05, 4.69) is 4.98 Å². The topological polar surface area (TPSA) is 75.0 Å². The van der Waals surface area contributed by atoms with Gasteiger partial charge in [-0.2, -0.15) is 0 Å². The lowest BCUT2D eigenvalue weighted by atomic mass is 10.1. The summed E-state index contributed by atoms with van der Waals surface area (Å²) in [6.07, 6.45) is 1.17. The van der Waals surface area contributed by atoms with Gasteiger partial charge in [0.2, 0.25) is 0 Å². The molecule has 0 saturated carbocycles. The molecule has 2 aromatic rings. The first-order chi connectivity index (χ1) is 8.13. The number of aromatic amines is 2. The minimum Gasteiger partial charge on any atom is -0.494 e. The number of rotatable bonds is 2. The van der Waals surface area contributed by atoms with E-state index in [9.17, 15) is 14.0 Å². The maximum Gasteiger partial charge on any atom is 0.325 e. The molecule has 0 aliphatic rings. The molecule has 5 nitrogen and oxygen atoms in total.